The Labute approximate surface area is 209 Å². The minimum atomic E-state index is -0.356. The van der Waals surface area contributed by atoms with Crippen molar-refractivity contribution >= 4 is 12.1 Å². The zero-order chi connectivity index (χ0) is 25.3. The fourth-order valence-electron chi connectivity index (χ4n) is 3.58. The van der Waals surface area contributed by atoms with Gasteiger partial charge in [-0.05, 0) is 41.5 Å². The summed E-state index contributed by atoms with van der Waals surface area (Å²) in [5, 5.41) is 14.0. The van der Waals surface area contributed by atoms with Crippen LogP contribution in [0, 0.1) is 0 Å². The van der Waals surface area contributed by atoms with Gasteiger partial charge >= 0.3 is 0 Å². The minimum absolute atomic E-state index is 0.103. The molecule has 7 nitrogen and oxygen atoms in total. The zero-order valence-corrected chi connectivity index (χ0v) is 20.0. The highest BCUT2D eigenvalue weighted by molar-refractivity contribution is 5.95. The van der Waals surface area contributed by atoms with E-state index >= 15 is 0 Å². The summed E-state index contributed by atoms with van der Waals surface area (Å²) in [6.07, 6.45) is 1.44. The largest absolute Gasteiger partial charge is 0.502 e. The molecule has 7 heteroatoms. The van der Waals surface area contributed by atoms with Crippen molar-refractivity contribution in [1.29, 1.82) is 0 Å². The fourth-order valence-corrected chi connectivity index (χ4v) is 3.58. The van der Waals surface area contributed by atoms with Crippen LogP contribution in [0.15, 0.2) is 96.1 Å². The molecule has 0 aliphatic heterocycles. The van der Waals surface area contributed by atoms with E-state index < -0.39 is 0 Å². The Morgan fingerprint density at radius 3 is 2.17 bits per heavy atom. The third kappa shape index (κ3) is 5.82. The van der Waals surface area contributed by atoms with Gasteiger partial charge in [-0.25, -0.2) is 5.43 Å². The van der Waals surface area contributed by atoms with E-state index in [0.29, 0.717) is 17.7 Å². The smallest absolute Gasteiger partial charge is 0.271 e. The van der Waals surface area contributed by atoms with E-state index in [-0.39, 0.29) is 23.2 Å². The summed E-state index contributed by atoms with van der Waals surface area (Å²) in [6, 6.07) is 28.3. The number of carbonyl (C=O) groups is 1. The van der Waals surface area contributed by atoms with Crippen LogP contribution in [0.1, 0.15) is 21.5 Å². The summed E-state index contributed by atoms with van der Waals surface area (Å²) >= 11 is 0. The maximum Gasteiger partial charge on any atom is 0.271 e. The standard InChI is InChI=1S/C29H26N2O5/c1-34-26-16-21(17-27(35-2)28(26)32)18-30-31-29(33)23-14-12-20(13-15-23)19-36-25-11-7-6-10-24(25)22-8-4-3-5-9-22/h3-18,32H,19H2,1-2H3,(H,31,33)/b30-18+. The Balaban J connectivity index is 1.37. The number of methoxy groups -OCH3 is 2. The Morgan fingerprint density at radius 1 is 0.861 bits per heavy atom. The molecular formula is C29H26N2O5. The third-order valence-corrected chi connectivity index (χ3v) is 5.46. The van der Waals surface area contributed by atoms with Crippen LogP contribution in [0.3, 0.4) is 0 Å². The van der Waals surface area contributed by atoms with Crippen LogP contribution >= 0.6 is 0 Å². The van der Waals surface area contributed by atoms with Crippen molar-refractivity contribution in [3.63, 3.8) is 0 Å². The number of amides is 1. The van der Waals surface area contributed by atoms with Crippen LogP contribution in [0.4, 0.5) is 0 Å². The molecule has 0 saturated heterocycles. The summed E-state index contributed by atoms with van der Waals surface area (Å²) in [5.74, 6) is 0.819. The Hall–Kier alpha value is -4.78. The van der Waals surface area contributed by atoms with E-state index in [1.807, 2.05) is 66.7 Å². The number of nitrogens with zero attached hydrogens (tertiary/aromatic N) is 1. The number of nitrogens with one attached hydrogen (secondary N) is 1. The second kappa shape index (κ2) is 11.6. The summed E-state index contributed by atoms with van der Waals surface area (Å²) < 4.78 is 16.3. The lowest BCUT2D eigenvalue weighted by molar-refractivity contribution is 0.0955. The number of aromatic hydroxyl groups is 1. The lowest BCUT2D eigenvalue weighted by Gasteiger charge is -2.12. The van der Waals surface area contributed by atoms with Gasteiger partial charge in [0.1, 0.15) is 12.4 Å². The number of carbonyl (C=O) groups excluding carboxylic acids is 1. The number of phenolic OH excluding ortho intramolecular Hbond substituents is 1. The van der Waals surface area contributed by atoms with Gasteiger partial charge in [-0.3, -0.25) is 4.79 Å². The molecule has 36 heavy (non-hydrogen) atoms. The van der Waals surface area contributed by atoms with E-state index in [4.69, 9.17) is 14.2 Å². The number of hydrazone groups is 1. The van der Waals surface area contributed by atoms with Crippen LogP contribution < -0.4 is 19.6 Å². The molecule has 4 rings (SSSR count). The SMILES string of the molecule is COc1cc(/C=N/NC(=O)c2ccc(COc3ccccc3-c3ccccc3)cc2)cc(OC)c1O. The molecule has 0 unspecified atom stereocenters. The summed E-state index contributed by atoms with van der Waals surface area (Å²) in [6.45, 7) is 0.369. The molecule has 0 aliphatic carbocycles. The first kappa shape index (κ1) is 24.3. The monoisotopic (exact) mass is 482 g/mol. The number of para-hydroxylation sites is 1. The quantitative estimate of drug-likeness (QED) is 0.246. The predicted octanol–water partition coefficient (Wildman–Crippen LogP) is 5.42. The highest BCUT2D eigenvalue weighted by atomic mass is 16.5. The van der Waals surface area contributed by atoms with Gasteiger partial charge in [-0.15, -0.1) is 0 Å². The van der Waals surface area contributed by atoms with Gasteiger partial charge in [-0.2, -0.15) is 5.10 Å². The first-order valence-electron chi connectivity index (χ1n) is 11.2. The first-order valence-corrected chi connectivity index (χ1v) is 11.2. The number of ether oxygens (including phenoxy) is 3. The summed E-state index contributed by atoms with van der Waals surface area (Å²) in [4.78, 5) is 12.5. The van der Waals surface area contributed by atoms with Crippen LogP contribution in [0.2, 0.25) is 0 Å². The van der Waals surface area contributed by atoms with Gasteiger partial charge < -0.3 is 19.3 Å². The van der Waals surface area contributed by atoms with Crippen molar-refractivity contribution in [3.8, 4) is 34.1 Å². The molecule has 4 aromatic rings. The molecule has 0 fully saturated rings. The molecular weight excluding hydrogens is 456 g/mol. The summed E-state index contributed by atoms with van der Waals surface area (Å²) in [7, 11) is 2.88. The molecule has 0 heterocycles. The third-order valence-electron chi connectivity index (χ3n) is 5.46. The van der Waals surface area contributed by atoms with Crippen molar-refractivity contribution in [3.05, 3.63) is 108 Å². The number of benzene rings is 4. The molecule has 0 spiro atoms. The van der Waals surface area contributed by atoms with Gasteiger partial charge in [0.05, 0.1) is 20.4 Å². The van der Waals surface area contributed by atoms with Crippen molar-refractivity contribution in [1.82, 2.24) is 5.43 Å². The second-order valence-corrected chi connectivity index (χ2v) is 7.82. The van der Waals surface area contributed by atoms with Gasteiger partial charge in [0.15, 0.2) is 11.5 Å². The molecule has 1 amide bonds. The number of phenols is 1. The highest BCUT2D eigenvalue weighted by Gasteiger charge is 2.11. The maximum atomic E-state index is 12.5. The van der Waals surface area contributed by atoms with Crippen molar-refractivity contribution in [2.45, 2.75) is 6.61 Å². The average Bonchev–Trinajstić information content (AvgIpc) is 2.93. The lowest BCUT2D eigenvalue weighted by atomic mass is 10.0. The predicted molar refractivity (Wildman–Crippen MR) is 139 cm³/mol. The topological polar surface area (TPSA) is 89.4 Å². The molecule has 0 radical (unpaired) electrons. The normalized spacial score (nSPS) is 10.7. The van der Waals surface area contributed by atoms with Crippen LogP contribution in [0.5, 0.6) is 23.0 Å². The van der Waals surface area contributed by atoms with Crippen molar-refractivity contribution in [2.24, 2.45) is 5.10 Å². The molecule has 0 saturated carbocycles. The molecule has 182 valence electrons. The molecule has 4 aromatic carbocycles. The van der Waals surface area contributed by atoms with Crippen molar-refractivity contribution in [2.75, 3.05) is 14.2 Å². The van der Waals surface area contributed by atoms with Crippen LogP contribution in [-0.2, 0) is 6.61 Å². The zero-order valence-electron chi connectivity index (χ0n) is 20.0. The molecule has 0 atom stereocenters. The van der Waals surface area contributed by atoms with E-state index in [1.54, 1.807) is 24.3 Å². The van der Waals surface area contributed by atoms with Crippen molar-refractivity contribution < 1.29 is 24.1 Å². The Morgan fingerprint density at radius 2 is 1.50 bits per heavy atom. The Bertz CT molecular complexity index is 1330. The van der Waals surface area contributed by atoms with E-state index in [9.17, 15) is 9.90 Å². The van der Waals surface area contributed by atoms with E-state index in [1.165, 1.54) is 20.4 Å². The van der Waals surface area contributed by atoms with E-state index in [2.05, 4.69) is 10.5 Å². The highest BCUT2D eigenvalue weighted by Crippen LogP contribution is 2.36. The molecule has 2 N–H and O–H groups in total. The average molecular weight is 483 g/mol. The van der Waals surface area contributed by atoms with E-state index in [0.717, 1.165) is 22.4 Å². The molecule has 0 aliphatic rings. The molecule has 0 bridgehead atoms. The maximum absolute atomic E-state index is 12.5. The Kier molecular flexibility index (Phi) is 7.83. The van der Waals surface area contributed by atoms with Gasteiger partial charge in [0.25, 0.3) is 5.91 Å². The summed E-state index contributed by atoms with van der Waals surface area (Å²) in [5.41, 5.74) is 6.59. The van der Waals surface area contributed by atoms with Crippen LogP contribution in [0.25, 0.3) is 11.1 Å². The lowest BCUT2D eigenvalue weighted by Crippen LogP contribution is -2.17. The number of hydrogen-bond acceptors (Lipinski definition) is 6. The first-order chi connectivity index (χ1) is 17.6. The van der Waals surface area contributed by atoms with Gasteiger partial charge in [0, 0.05) is 16.7 Å². The molecule has 0 aromatic heterocycles. The fraction of sp³-hybridized carbons (Fsp3) is 0.103. The minimum Gasteiger partial charge on any atom is -0.502 e. The number of hydrogen-bond donors (Lipinski definition) is 2. The van der Waals surface area contributed by atoms with Crippen LogP contribution in [-0.4, -0.2) is 31.4 Å². The van der Waals surface area contributed by atoms with Gasteiger partial charge in [0.2, 0.25) is 5.75 Å². The second-order valence-electron chi connectivity index (χ2n) is 7.82. The number of rotatable bonds is 9. The van der Waals surface area contributed by atoms with Gasteiger partial charge in [-0.1, -0.05) is 60.7 Å².